The second-order valence-corrected chi connectivity index (χ2v) is 11.8. The molecule has 13 heteroatoms. The number of hydrogen-bond donors (Lipinski definition) is 0. The summed E-state index contributed by atoms with van der Waals surface area (Å²) in [7, 11) is 6.09. The molecule has 246 valence electrons. The highest BCUT2D eigenvalue weighted by atomic mass is 35.5. The van der Waals surface area contributed by atoms with Gasteiger partial charge in [-0.05, 0) is 65.4 Å². The predicted octanol–water partition coefficient (Wildman–Crippen LogP) is 8.04. The number of benzene rings is 3. The van der Waals surface area contributed by atoms with Gasteiger partial charge < -0.3 is 41.4 Å². The van der Waals surface area contributed by atoms with Gasteiger partial charge in [0.25, 0.3) is 0 Å². The fraction of sp³-hybridized carbons (Fsp3) is 0.406. The minimum atomic E-state index is -6.00. The van der Waals surface area contributed by atoms with Crippen molar-refractivity contribution < 1.29 is 31.3 Å². The maximum atomic E-state index is 9.75. The first-order valence-electron chi connectivity index (χ1n) is 14.6. The molecule has 0 saturated heterocycles. The average molecular weight is 671 g/mol. The van der Waals surface area contributed by atoms with Gasteiger partial charge in [-0.15, -0.1) is 23.2 Å². The van der Waals surface area contributed by atoms with E-state index in [0.29, 0.717) is 0 Å². The molecular weight excluding hydrogens is 630 g/mol. The maximum Gasteiger partial charge on any atom is 0.673 e. The number of aromatic nitrogens is 1. The van der Waals surface area contributed by atoms with Crippen LogP contribution in [-0.2, 0) is 6.54 Å². The van der Waals surface area contributed by atoms with Crippen LogP contribution in [0.3, 0.4) is 0 Å². The van der Waals surface area contributed by atoms with Crippen LogP contribution in [0.1, 0.15) is 12.8 Å². The van der Waals surface area contributed by atoms with Crippen LogP contribution in [0.25, 0.3) is 32.9 Å². The molecule has 0 aliphatic carbocycles. The largest absolute Gasteiger partial charge is 0.673 e. The van der Waals surface area contributed by atoms with E-state index in [9.17, 15) is 17.3 Å². The van der Waals surface area contributed by atoms with Gasteiger partial charge in [0.2, 0.25) is 11.0 Å². The molecular formula is C32H41BCl2F4N4O2. The number of fused-ring (bicyclic) bond motifs is 4. The molecule has 4 aromatic rings. The summed E-state index contributed by atoms with van der Waals surface area (Å²) >= 11 is 9.53. The van der Waals surface area contributed by atoms with E-state index in [1.54, 1.807) is 14.2 Å². The maximum absolute atomic E-state index is 9.75. The molecule has 1 aromatic heterocycles. The third-order valence-corrected chi connectivity index (χ3v) is 7.36. The Labute approximate surface area is 273 Å². The van der Waals surface area contributed by atoms with Crippen molar-refractivity contribution >= 4 is 63.6 Å². The average Bonchev–Trinajstić information content (AvgIpc) is 2.97. The monoisotopic (exact) mass is 670 g/mol. The third-order valence-electron chi connectivity index (χ3n) is 7.36. The van der Waals surface area contributed by atoms with E-state index in [-0.39, 0.29) is 5.34 Å². The van der Waals surface area contributed by atoms with E-state index in [2.05, 4.69) is 102 Å². The van der Waals surface area contributed by atoms with Gasteiger partial charge in [0, 0.05) is 42.8 Å². The van der Waals surface area contributed by atoms with Crippen LogP contribution in [-0.4, -0.2) is 84.4 Å². The fourth-order valence-corrected chi connectivity index (χ4v) is 5.77. The van der Waals surface area contributed by atoms with Crippen LogP contribution in [0.2, 0.25) is 0 Å². The number of anilines is 2. The van der Waals surface area contributed by atoms with Gasteiger partial charge in [0.05, 0.1) is 41.7 Å². The number of aryl methyl sites for hydroxylation is 1. The Hall–Kier alpha value is -2.99. The Kier molecular flexibility index (Phi) is 13.4. The number of rotatable bonds is 10. The molecule has 2 heterocycles. The zero-order valence-corrected chi connectivity index (χ0v) is 28.1. The number of nitrogens with zero attached hydrogens (tertiary/aromatic N) is 4. The van der Waals surface area contributed by atoms with Gasteiger partial charge in [-0.25, -0.2) is 0 Å². The second kappa shape index (κ2) is 16.5. The van der Waals surface area contributed by atoms with Crippen molar-refractivity contribution in [2.24, 2.45) is 0 Å². The Morgan fingerprint density at radius 1 is 0.711 bits per heavy atom. The summed E-state index contributed by atoms with van der Waals surface area (Å²) in [5.41, 5.74) is 7.24. The third kappa shape index (κ3) is 9.06. The van der Waals surface area contributed by atoms with Crippen molar-refractivity contribution in [3.63, 3.8) is 0 Å². The number of halogens is 6. The molecule has 5 rings (SSSR count). The van der Waals surface area contributed by atoms with E-state index >= 15 is 0 Å². The summed E-state index contributed by atoms with van der Waals surface area (Å²) in [6, 6.07) is 19.6. The van der Waals surface area contributed by atoms with Crippen LogP contribution in [0.5, 0.6) is 11.5 Å². The van der Waals surface area contributed by atoms with Crippen LogP contribution < -0.4 is 18.9 Å². The van der Waals surface area contributed by atoms with Gasteiger partial charge in [0.1, 0.15) is 11.5 Å². The molecule has 0 saturated carbocycles. The van der Waals surface area contributed by atoms with Crippen molar-refractivity contribution in [2.45, 2.75) is 19.4 Å². The first-order chi connectivity index (χ1) is 21.4. The predicted molar refractivity (Wildman–Crippen MR) is 180 cm³/mol. The summed E-state index contributed by atoms with van der Waals surface area (Å²) in [4.78, 5) is 6.99. The van der Waals surface area contributed by atoms with Crippen LogP contribution in [0.15, 0.2) is 54.6 Å². The summed E-state index contributed by atoms with van der Waals surface area (Å²) in [5.74, 6) is 1.78. The van der Waals surface area contributed by atoms with Crippen molar-refractivity contribution in [1.29, 1.82) is 0 Å². The van der Waals surface area contributed by atoms with Gasteiger partial charge in [-0.1, -0.05) is 18.2 Å². The summed E-state index contributed by atoms with van der Waals surface area (Å²) in [5, 5.41) is 2.61. The minimum Gasteiger partial charge on any atom is -0.496 e. The molecule has 0 bridgehead atoms. The van der Waals surface area contributed by atoms with E-state index in [1.807, 2.05) is 0 Å². The molecule has 45 heavy (non-hydrogen) atoms. The minimum absolute atomic E-state index is 0.194. The number of alkyl halides is 2. The molecule has 3 aromatic carbocycles. The van der Waals surface area contributed by atoms with Gasteiger partial charge in [-0.3, -0.25) is 0 Å². The summed E-state index contributed by atoms with van der Waals surface area (Å²) in [6.07, 6.45) is 2.13. The first kappa shape index (κ1) is 36.5. The second-order valence-electron chi connectivity index (χ2n) is 11.0. The van der Waals surface area contributed by atoms with Gasteiger partial charge in [0.15, 0.2) is 6.54 Å². The van der Waals surface area contributed by atoms with Crippen LogP contribution in [0, 0.1) is 0 Å². The number of ether oxygens (including phenoxy) is 2. The van der Waals surface area contributed by atoms with Crippen LogP contribution >= 0.6 is 23.2 Å². The fourth-order valence-electron chi connectivity index (χ4n) is 5.77. The van der Waals surface area contributed by atoms with Crippen LogP contribution in [0.4, 0.5) is 28.6 Å². The van der Waals surface area contributed by atoms with Crippen molar-refractivity contribution in [3.8, 4) is 22.6 Å². The normalized spacial score (nSPS) is 12.1. The topological polar surface area (TPSA) is 32.1 Å². The molecule has 0 fully saturated rings. The lowest BCUT2D eigenvalue weighted by molar-refractivity contribution is -0.645. The molecule has 0 N–H and O–H groups in total. The molecule has 1 aliphatic heterocycles. The highest BCUT2D eigenvalue weighted by Crippen LogP contribution is 2.54. The van der Waals surface area contributed by atoms with Gasteiger partial charge >= 0.3 is 7.25 Å². The molecule has 0 amide bonds. The zero-order chi connectivity index (χ0) is 33.3. The molecule has 0 atom stereocenters. The molecule has 0 spiro atoms. The highest BCUT2D eigenvalue weighted by Gasteiger charge is 2.34. The molecule has 0 radical (unpaired) electrons. The Morgan fingerprint density at radius 2 is 1.20 bits per heavy atom. The standard InChI is InChI=1S/C31H39N4O2.CH2Cl2.BF4/c1-32(2)18-10-20-34-22-12-7-13-23-28(22)31(29-24(34)14-8-16-26(29)36-5)30-25(15-9-17-27(30)37-6)35(23)21-11-19-33(3)4;2-1-3;2-1(3,4)5/h7-9,12-17H,10-11,18-21H2,1-6H3;1H2;/q+1;;-1. The SMILES string of the molecule is COc1cccc2c1-c1c3c(OC)cccc3[n+](CCCN(C)C)c3cccc(c13)N2CCCN(C)C.ClCCl.F[B-](F)(F)F. The quantitative estimate of drug-likeness (QED) is 0.0561. The molecule has 0 unspecified atom stereocenters. The van der Waals surface area contributed by atoms with Crippen molar-refractivity contribution in [3.05, 3.63) is 54.6 Å². The Morgan fingerprint density at radius 3 is 1.78 bits per heavy atom. The first-order valence-corrected chi connectivity index (χ1v) is 15.6. The number of hydrogen-bond acceptors (Lipinski definition) is 5. The number of methoxy groups -OCH3 is 2. The van der Waals surface area contributed by atoms with Gasteiger partial charge in [-0.2, -0.15) is 4.57 Å². The summed E-state index contributed by atoms with van der Waals surface area (Å²) < 4.78 is 53.5. The van der Waals surface area contributed by atoms with E-state index in [4.69, 9.17) is 32.7 Å². The Bertz CT molecular complexity index is 1570. The zero-order valence-electron chi connectivity index (χ0n) is 26.6. The lowest BCUT2D eigenvalue weighted by atomic mass is 9.88. The van der Waals surface area contributed by atoms with E-state index < -0.39 is 7.25 Å². The lowest BCUT2D eigenvalue weighted by Gasteiger charge is -2.34. The summed E-state index contributed by atoms with van der Waals surface area (Å²) in [6.45, 7) is 3.94. The van der Waals surface area contributed by atoms with E-state index in [0.717, 1.165) is 61.5 Å². The molecule has 1 aliphatic rings. The van der Waals surface area contributed by atoms with Crippen molar-refractivity contribution in [1.82, 2.24) is 9.80 Å². The smallest absolute Gasteiger partial charge is 0.496 e. The van der Waals surface area contributed by atoms with E-state index in [1.165, 1.54) is 33.4 Å². The lowest BCUT2D eigenvalue weighted by Crippen LogP contribution is -2.38. The molecule has 6 nitrogen and oxygen atoms in total. The number of pyridine rings is 1. The Balaban J connectivity index is 0.000000620. The van der Waals surface area contributed by atoms with Crippen molar-refractivity contribution in [2.75, 3.05) is 72.3 Å². The highest BCUT2D eigenvalue weighted by molar-refractivity contribution is 6.50.